The zero-order chi connectivity index (χ0) is 30.8. The number of ether oxygens (including phenoxy) is 1. The van der Waals surface area contributed by atoms with E-state index in [0.717, 1.165) is 12.8 Å². The lowest BCUT2D eigenvalue weighted by Gasteiger charge is -2.29. The van der Waals surface area contributed by atoms with E-state index in [4.69, 9.17) is 9.15 Å². The van der Waals surface area contributed by atoms with Crippen molar-refractivity contribution in [2.24, 2.45) is 11.8 Å². The molecular weight excluding hydrogens is 574 g/mol. The number of para-hydroxylation sites is 1. The van der Waals surface area contributed by atoms with Gasteiger partial charge in [-0.15, -0.1) is 0 Å². The average molecular weight is 604 g/mol. The number of ketones is 1. The van der Waals surface area contributed by atoms with Gasteiger partial charge in [-0.3, -0.25) is 19.2 Å². The molecule has 1 saturated carbocycles. The van der Waals surface area contributed by atoms with Crippen LogP contribution in [0.25, 0.3) is 11.0 Å². The molecule has 2 aromatic carbocycles. The molecule has 1 saturated heterocycles. The number of fused-ring (bicyclic) bond motifs is 1. The second kappa shape index (κ2) is 12.4. The highest BCUT2D eigenvalue weighted by molar-refractivity contribution is 5.99. The number of hydrogen-bond donors (Lipinski definition) is 2. The van der Waals surface area contributed by atoms with E-state index in [1.165, 1.54) is 11.9 Å². The molecule has 3 aromatic rings. The number of rotatable bonds is 12. The summed E-state index contributed by atoms with van der Waals surface area (Å²) in [5.74, 6) is -11.4. The Balaban J connectivity index is 1.35. The van der Waals surface area contributed by atoms with Crippen LogP contribution in [0.5, 0.6) is 5.75 Å². The van der Waals surface area contributed by atoms with Crippen molar-refractivity contribution in [3.8, 4) is 5.75 Å². The molecule has 1 aliphatic heterocycles. The summed E-state index contributed by atoms with van der Waals surface area (Å²) in [6, 6.07) is 6.20. The predicted octanol–water partition coefficient (Wildman–Crippen LogP) is 3.89. The average Bonchev–Trinajstić information content (AvgIpc) is 3.56. The van der Waals surface area contributed by atoms with Crippen LogP contribution in [0.15, 0.2) is 40.8 Å². The number of Topliss-reactive ketones (excluding diaryl/α,β-unsaturated/α-hetero) is 1. The van der Waals surface area contributed by atoms with Crippen molar-refractivity contribution in [2.75, 3.05) is 20.2 Å². The van der Waals surface area contributed by atoms with Crippen LogP contribution in [0.3, 0.4) is 0 Å². The number of likely N-dealkylation sites (N-methyl/N-ethyl adjacent to an activating group) is 1. The molecular formula is C30H29F4N3O6. The summed E-state index contributed by atoms with van der Waals surface area (Å²) in [7, 11) is 1.44. The SMILES string of the molecule is CN(C(=O)c1cc2ccccc2o1)C(CC1CC1)C(=O)NC(C[C@@H]1CCNC1=O)C(=O)COc1c(F)c(F)cc(F)c1F. The Hall–Kier alpha value is -4.42. The fraction of sp³-hybridized carbons (Fsp3) is 0.400. The molecule has 2 aliphatic rings. The molecule has 9 nitrogen and oxygen atoms in total. The lowest BCUT2D eigenvalue weighted by atomic mass is 9.95. The van der Waals surface area contributed by atoms with Crippen molar-refractivity contribution in [2.45, 2.75) is 44.2 Å². The first-order chi connectivity index (χ1) is 20.5. The molecule has 5 rings (SSSR count). The maximum atomic E-state index is 14.1. The molecule has 0 bridgehead atoms. The van der Waals surface area contributed by atoms with Crippen LogP contribution in [0.4, 0.5) is 17.6 Å². The van der Waals surface area contributed by atoms with Crippen molar-refractivity contribution in [1.82, 2.24) is 15.5 Å². The van der Waals surface area contributed by atoms with E-state index in [1.807, 2.05) is 0 Å². The van der Waals surface area contributed by atoms with Crippen LogP contribution < -0.4 is 15.4 Å². The topological polar surface area (TPSA) is 118 Å². The number of benzene rings is 2. The monoisotopic (exact) mass is 603 g/mol. The number of nitrogens with one attached hydrogen (secondary N) is 2. The van der Waals surface area contributed by atoms with Gasteiger partial charge in [-0.25, -0.2) is 8.78 Å². The van der Waals surface area contributed by atoms with Crippen molar-refractivity contribution in [3.05, 3.63) is 65.4 Å². The summed E-state index contributed by atoms with van der Waals surface area (Å²) in [6.45, 7) is -0.704. The summed E-state index contributed by atoms with van der Waals surface area (Å²) in [5, 5.41) is 5.93. The lowest BCUT2D eigenvalue weighted by molar-refractivity contribution is -0.132. The third-order valence-electron chi connectivity index (χ3n) is 7.80. The Morgan fingerprint density at radius 3 is 2.37 bits per heavy atom. The molecule has 43 heavy (non-hydrogen) atoms. The van der Waals surface area contributed by atoms with E-state index < -0.39 is 71.2 Å². The second-order valence-corrected chi connectivity index (χ2v) is 10.9. The van der Waals surface area contributed by atoms with Crippen molar-refractivity contribution in [3.63, 3.8) is 0 Å². The smallest absolute Gasteiger partial charge is 0.290 e. The standard InChI is InChI=1S/C30H29F4N3O6/c1-37(30(41)24-12-16-4-2-3-5-23(16)43-24)21(10-15-6-7-15)29(40)36-20(11-17-8-9-35-28(17)39)22(38)14-42-27-25(33)18(31)13-19(32)26(27)34/h2-5,12-13,15,17,20-21H,6-11,14H2,1H3,(H,35,39)(H,36,40)/t17-,20?,21?/m0/s1. The maximum absolute atomic E-state index is 14.1. The van der Waals surface area contributed by atoms with Gasteiger partial charge in [0.25, 0.3) is 5.91 Å². The largest absolute Gasteiger partial charge is 0.479 e. The normalized spacial score (nSPS) is 17.8. The van der Waals surface area contributed by atoms with Gasteiger partial charge in [-0.1, -0.05) is 31.0 Å². The molecule has 228 valence electrons. The van der Waals surface area contributed by atoms with E-state index >= 15 is 0 Å². The van der Waals surface area contributed by atoms with Crippen molar-refractivity contribution < 1.29 is 45.9 Å². The fourth-order valence-electron chi connectivity index (χ4n) is 5.13. The van der Waals surface area contributed by atoms with Gasteiger partial charge >= 0.3 is 0 Å². The molecule has 2 fully saturated rings. The minimum Gasteiger partial charge on any atom is -0.479 e. The third kappa shape index (κ3) is 6.65. The third-order valence-corrected chi connectivity index (χ3v) is 7.80. The zero-order valence-corrected chi connectivity index (χ0v) is 23.1. The van der Waals surface area contributed by atoms with Gasteiger partial charge in [0.1, 0.15) is 18.2 Å². The van der Waals surface area contributed by atoms with Gasteiger partial charge in [-0.2, -0.15) is 8.78 Å². The molecule has 0 spiro atoms. The number of amides is 3. The van der Waals surface area contributed by atoms with Gasteiger partial charge in [0.2, 0.25) is 23.4 Å². The summed E-state index contributed by atoms with van der Waals surface area (Å²) < 4.78 is 66.0. The van der Waals surface area contributed by atoms with E-state index in [2.05, 4.69) is 10.6 Å². The first-order valence-electron chi connectivity index (χ1n) is 13.9. The van der Waals surface area contributed by atoms with E-state index in [-0.39, 0.29) is 30.1 Å². The molecule has 1 aliphatic carbocycles. The number of carbonyl (C=O) groups excluding carboxylic acids is 4. The fourth-order valence-corrected chi connectivity index (χ4v) is 5.13. The van der Waals surface area contributed by atoms with E-state index in [0.29, 0.717) is 30.4 Å². The van der Waals surface area contributed by atoms with Crippen LogP contribution in [0.2, 0.25) is 0 Å². The number of furan rings is 1. The number of halogens is 4. The number of carbonyl (C=O) groups is 4. The molecule has 2 heterocycles. The highest BCUT2D eigenvalue weighted by Crippen LogP contribution is 2.35. The Morgan fingerprint density at radius 2 is 1.74 bits per heavy atom. The Labute approximate surface area is 243 Å². The Kier molecular flexibility index (Phi) is 8.69. The summed E-state index contributed by atoms with van der Waals surface area (Å²) in [5.41, 5.74) is 0.494. The maximum Gasteiger partial charge on any atom is 0.290 e. The predicted molar refractivity (Wildman–Crippen MR) is 144 cm³/mol. The van der Waals surface area contributed by atoms with Crippen LogP contribution in [0.1, 0.15) is 42.7 Å². The molecule has 2 N–H and O–H groups in total. The van der Waals surface area contributed by atoms with E-state index in [9.17, 15) is 36.7 Å². The van der Waals surface area contributed by atoms with Gasteiger partial charge in [0.05, 0.1) is 6.04 Å². The summed E-state index contributed by atoms with van der Waals surface area (Å²) >= 11 is 0. The molecule has 0 radical (unpaired) electrons. The number of nitrogens with zero attached hydrogens (tertiary/aromatic N) is 1. The molecule has 3 amide bonds. The van der Waals surface area contributed by atoms with Crippen molar-refractivity contribution in [1.29, 1.82) is 0 Å². The number of hydrogen-bond acceptors (Lipinski definition) is 6. The van der Waals surface area contributed by atoms with Gasteiger partial charge in [-0.05, 0) is 37.3 Å². The lowest BCUT2D eigenvalue weighted by Crippen LogP contribution is -2.53. The van der Waals surface area contributed by atoms with Crippen LogP contribution in [-0.4, -0.2) is 60.7 Å². The highest BCUT2D eigenvalue weighted by Gasteiger charge is 2.38. The quantitative estimate of drug-likeness (QED) is 0.240. The highest BCUT2D eigenvalue weighted by atomic mass is 19.2. The minimum atomic E-state index is -1.82. The van der Waals surface area contributed by atoms with Crippen LogP contribution >= 0.6 is 0 Å². The summed E-state index contributed by atoms with van der Waals surface area (Å²) in [4.78, 5) is 53.7. The minimum absolute atomic E-state index is 0.00420. The van der Waals surface area contributed by atoms with Gasteiger partial charge < -0.3 is 24.7 Å². The van der Waals surface area contributed by atoms with Gasteiger partial charge in [0, 0.05) is 31.0 Å². The van der Waals surface area contributed by atoms with Crippen LogP contribution in [-0.2, 0) is 14.4 Å². The first-order valence-corrected chi connectivity index (χ1v) is 13.9. The zero-order valence-electron chi connectivity index (χ0n) is 23.1. The molecule has 13 heteroatoms. The summed E-state index contributed by atoms with van der Waals surface area (Å²) in [6.07, 6.45) is 2.22. The van der Waals surface area contributed by atoms with Crippen LogP contribution in [0, 0.1) is 35.1 Å². The Morgan fingerprint density at radius 1 is 1.05 bits per heavy atom. The molecule has 2 unspecified atom stereocenters. The Bertz CT molecular complexity index is 1510. The van der Waals surface area contributed by atoms with Gasteiger partial charge in [0.15, 0.2) is 28.9 Å². The molecule has 1 aromatic heterocycles. The second-order valence-electron chi connectivity index (χ2n) is 10.9. The molecule has 3 atom stereocenters. The first kappa shape index (κ1) is 30.1. The van der Waals surface area contributed by atoms with Crippen molar-refractivity contribution >= 4 is 34.5 Å². The van der Waals surface area contributed by atoms with E-state index in [1.54, 1.807) is 30.3 Å².